The lowest BCUT2D eigenvalue weighted by atomic mass is 10.1. The van der Waals surface area contributed by atoms with Gasteiger partial charge < -0.3 is 5.73 Å². The van der Waals surface area contributed by atoms with Crippen molar-refractivity contribution >= 4 is 28.2 Å². The smallest absolute Gasteiger partial charge is 0.180 e. The van der Waals surface area contributed by atoms with Gasteiger partial charge in [-0.2, -0.15) is 0 Å². The second-order valence-electron chi connectivity index (χ2n) is 4.25. The lowest BCUT2D eigenvalue weighted by Gasteiger charge is -2.03. The molecule has 1 aliphatic carbocycles. The van der Waals surface area contributed by atoms with E-state index >= 15 is 0 Å². The van der Waals surface area contributed by atoms with Crippen LogP contribution in [0.25, 0.3) is 0 Å². The topological polar surface area (TPSA) is 38.9 Å². The van der Waals surface area contributed by atoms with E-state index in [-0.39, 0.29) is 0 Å². The summed E-state index contributed by atoms with van der Waals surface area (Å²) in [4.78, 5) is 5.62. The average molecular weight is 262 g/mol. The molecule has 1 aliphatic rings. The molecule has 0 spiro atoms. The van der Waals surface area contributed by atoms with Crippen LogP contribution in [-0.2, 0) is 18.6 Å². The number of thioether (sulfide) groups is 1. The van der Waals surface area contributed by atoms with Crippen molar-refractivity contribution < 1.29 is 0 Å². The first-order valence-corrected chi connectivity index (χ1v) is 7.62. The van der Waals surface area contributed by atoms with Crippen LogP contribution in [0.3, 0.4) is 0 Å². The number of anilines is 1. The number of nitrogens with zero attached hydrogens (tertiary/aromatic N) is 1. The van der Waals surface area contributed by atoms with E-state index in [1.54, 1.807) is 0 Å². The maximum absolute atomic E-state index is 5.62. The van der Waals surface area contributed by atoms with Crippen LogP contribution in [0, 0.1) is 0 Å². The number of fused-ring (bicyclic) bond motifs is 1. The summed E-state index contributed by atoms with van der Waals surface area (Å²) in [6.07, 6.45) is 3.81. The Labute approximate surface area is 109 Å². The number of nitrogen functional groups attached to an aromatic ring is 1. The van der Waals surface area contributed by atoms with Gasteiger partial charge in [0.25, 0.3) is 0 Å². The number of benzene rings is 1. The molecule has 4 heteroatoms. The normalized spacial score (nSPS) is 13.9. The Morgan fingerprint density at radius 2 is 2.18 bits per heavy atom. The van der Waals surface area contributed by atoms with E-state index in [4.69, 9.17) is 5.73 Å². The predicted molar refractivity (Wildman–Crippen MR) is 74.6 cm³/mol. The van der Waals surface area contributed by atoms with Crippen LogP contribution in [0.2, 0.25) is 0 Å². The summed E-state index contributed by atoms with van der Waals surface area (Å²) in [6, 6.07) is 6.84. The second kappa shape index (κ2) is 4.70. The van der Waals surface area contributed by atoms with E-state index < -0.39 is 0 Å². The maximum atomic E-state index is 5.62. The van der Waals surface area contributed by atoms with Crippen LogP contribution in [0.15, 0.2) is 28.5 Å². The van der Waals surface area contributed by atoms with Crippen LogP contribution < -0.4 is 5.73 Å². The molecule has 0 radical (unpaired) electrons. The van der Waals surface area contributed by atoms with Gasteiger partial charge in [0, 0.05) is 16.0 Å². The van der Waals surface area contributed by atoms with Gasteiger partial charge in [-0.3, -0.25) is 0 Å². The molecule has 0 saturated heterocycles. The van der Waals surface area contributed by atoms with Gasteiger partial charge in [-0.05, 0) is 42.5 Å². The third kappa shape index (κ3) is 2.48. The fourth-order valence-corrected chi connectivity index (χ4v) is 3.70. The number of hydrogen-bond acceptors (Lipinski definition) is 4. The van der Waals surface area contributed by atoms with Crippen LogP contribution in [-0.4, -0.2) is 4.98 Å². The Hall–Kier alpha value is -1.00. The molecule has 2 N–H and O–H groups in total. The number of thiazole rings is 1. The Balaban J connectivity index is 1.69. The average Bonchev–Trinajstić information content (AvgIpc) is 2.94. The third-order valence-electron chi connectivity index (χ3n) is 3.03. The minimum absolute atomic E-state index is 0.662. The molecule has 1 aromatic carbocycles. The highest BCUT2D eigenvalue weighted by Gasteiger charge is 2.11. The molecule has 0 fully saturated rings. The molecule has 0 saturated carbocycles. The first-order valence-electron chi connectivity index (χ1n) is 5.76. The minimum atomic E-state index is 0.662. The van der Waals surface area contributed by atoms with E-state index in [0.29, 0.717) is 5.13 Å². The van der Waals surface area contributed by atoms with Crippen molar-refractivity contribution in [2.75, 3.05) is 5.73 Å². The van der Waals surface area contributed by atoms with Crippen molar-refractivity contribution in [1.29, 1.82) is 0 Å². The molecule has 0 amide bonds. The molecule has 0 atom stereocenters. The Kier molecular flexibility index (Phi) is 3.07. The fourth-order valence-electron chi connectivity index (χ4n) is 2.18. The third-order valence-corrected chi connectivity index (χ3v) is 4.78. The highest BCUT2D eigenvalue weighted by molar-refractivity contribution is 7.98. The molecule has 17 heavy (non-hydrogen) atoms. The standard InChI is InChI=1S/C13H14N2S2/c14-13-15-11(8-17-13)7-16-12-5-4-9-2-1-3-10(9)6-12/h4-6,8H,1-3,7H2,(H2,14,15). The lowest BCUT2D eigenvalue weighted by molar-refractivity contribution is 0.911. The van der Waals surface area contributed by atoms with Crippen molar-refractivity contribution in [2.45, 2.75) is 29.9 Å². The second-order valence-corrected chi connectivity index (χ2v) is 6.19. The summed E-state index contributed by atoms with van der Waals surface area (Å²) in [6.45, 7) is 0. The van der Waals surface area contributed by atoms with E-state index in [9.17, 15) is 0 Å². The lowest BCUT2D eigenvalue weighted by Crippen LogP contribution is -1.86. The molecule has 3 rings (SSSR count). The van der Waals surface area contributed by atoms with Crippen molar-refractivity contribution in [3.8, 4) is 0 Å². The van der Waals surface area contributed by atoms with Crippen LogP contribution >= 0.6 is 23.1 Å². The number of aromatic nitrogens is 1. The molecule has 2 aromatic rings. The van der Waals surface area contributed by atoms with Crippen molar-refractivity contribution in [2.24, 2.45) is 0 Å². The van der Waals surface area contributed by atoms with Gasteiger partial charge in [-0.15, -0.1) is 23.1 Å². The highest BCUT2D eigenvalue weighted by atomic mass is 32.2. The van der Waals surface area contributed by atoms with Gasteiger partial charge >= 0.3 is 0 Å². The zero-order valence-corrected chi connectivity index (χ0v) is 11.1. The van der Waals surface area contributed by atoms with Gasteiger partial charge in [-0.1, -0.05) is 6.07 Å². The quantitative estimate of drug-likeness (QED) is 0.860. The molecule has 0 unspecified atom stereocenters. The summed E-state index contributed by atoms with van der Waals surface area (Å²) in [5, 5.41) is 2.70. The molecule has 0 aliphatic heterocycles. The summed E-state index contributed by atoms with van der Waals surface area (Å²) in [5.74, 6) is 0.909. The van der Waals surface area contributed by atoms with Gasteiger partial charge in [0.1, 0.15) is 0 Å². The van der Waals surface area contributed by atoms with Crippen LogP contribution in [0.5, 0.6) is 0 Å². The Bertz CT molecular complexity index is 534. The maximum Gasteiger partial charge on any atom is 0.180 e. The van der Waals surface area contributed by atoms with Crippen LogP contribution in [0.1, 0.15) is 23.2 Å². The molecule has 88 valence electrons. The summed E-state index contributed by atoms with van der Waals surface area (Å²) < 4.78 is 0. The molecule has 0 bridgehead atoms. The van der Waals surface area contributed by atoms with E-state index in [2.05, 4.69) is 23.2 Å². The summed E-state index contributed by atoms with van der Waals surface area (Å²) in [7, 11) is 0. The number of nitrogens with two attached hydrogens (primary N) is 1. The van der Waals surface area contributed by atoms with Crippen molar-refractivity contribution in [1.82, 2.24) is 4.98 Å². The zero-order valence-electron chi connectivity index (χ0n) is 9.48. The monoisotopic (exact) mass is 262 g/mol. The highest BCUT2D eigenvalue weighted by Crippen LogP contribution is 2.29. The molecule has 1 heterocycles. The van der Waals surface area contributed by atoms with Crippen LogP contribution in [0.4, 0.5) is 5.13 Å². The number of hydrogen-bond donors (Lipinski definition) is 1. The molecule has 2 nitrogen and oxygen atoms in total. The van der Waals surface area contributed by atoms with Crippen molar-refractivity contribution in [3.63, 3.8) is 0 Å². The van der Waals surface area contributed by atoms with E-state index in [1.165, 1.54) is 46.6 Å². The predicted octanol–water partition coefficient (Wildman–Crippen LogP) is 3.51. The molecule has 1 aromatic heterocycles. The van der Waals surface area contributed by atoms with E-state index in [0.717, 1.165) is 11.4 Å². The summed E-state index contributed by atoms with van der Waals surface area (Å²) in [5.41, 5.74) is 9.77. The summed E-state index contributed by atoms with van der Waals surface area (Å²) >= 11 is 3.35. The Morgan fingerprint density at radius 1 is 1.29 bits per heavy atom. The zero-order chi connectivity index (χ0) is 11.7. The van der Waals surface area contributed by atoms with Gasteiger partial charge in [0.15, 0.2) is 5.13 Å². The minimum Gasteiger partial charge on any atom is -0.375 e. The largest absolute Gasteiger partial charge is 0.375 e. The number of rotatable bonds is 3. The van der Waals surface area contributed by atoms with Gasteiger partial charge in [0.2, 0.25) is 0 Å². The fraction of sp³-hybridized carbons (Fsp3) is 0.308. The SMILES string of the molecule is Nc1nc(CSc2ccc3c(c2)CCC3)cs1. The van der Waals surface area contributed by atoms with Gasteiger partial charge in [0.05, 0.1) is 5.69 Å². The van der Waals surface area contributed by atoms with Gasteiger partial charge in [-0.25, -0.2) is 4.98 Å². The molecular formula is C13H14N2S2. The number of aryl methyl sites for hydroxylation is 2. The first-order chi connectivity index (χ1) is 8.31. The van der Waals surface area contributed by atoms with E-state index in [1.807, 2.05) is 17.1 Å². The Morgan fingerprint density at radius 3 is 3.00 bits per heavy atom. The first kappa shape index (κ1) is 11.1. The van der Waals surface area contributed by atoms with Crippen molar-refractivity contribution in [3.05, 3.63) is 40.4 Å². The molecular weight excluding hydrogens is 248 g/mol.